The predicted octanol–water partition coefficient (Wildman–Crippen LogP) is 2.62. The van der Waals surface area contributed by atoms with Crippen LogP contribution >= 0.6 is 11.6 Å². The normalized spacial score (nSPS) is 10.7. The van der Waals surface area contributed by atoms with E-state index in [1.54, 1.807) is 13.8 Å². The topological polar surface area (TPSA) is 29.1 Å². The molecule has 16 heavy (non-hydrogen) atoms. The van der Waals surface area contributed by atoms with Gasteiger partial charge in [0.05, 0.1) is 16.1 Å². The monoisotopic (exact) mass is 239 g/mol. The summed E-state index contributed by atoms with van der Waals surface area (Å²) in [5.41, 5.74) is -0.725. The number of hydrogen-bond donors (Lipinski definition) is 1. The number of terminal acetylenes is 1. The van der Waals surface area contributed by atoms with Gasteiger partial charge in [0.2, 0.25) is 0 Å². The molecular formula is C12H11ClFNO. The molecule has 0 unspecified atom stereocenters. The Morgan fingerprint density at radius 1 is 1.56 bits per heavy atom. The van der Waals surface area contributed by atoms with Crippen molar-refractivity contribution in [3.8, 4) is 12.3 Å². The van der Waals surface area contributed by atoms with Gasteiger partial charge >= 0.3 is 0 Å². The maximum Gasteiger partial charge on any atom is 0.254 e. The number of carbonyl (C=O) groups excluding carboxylic acids is 1. The molecule has 0 fully saturated rings. The van der Waals surface area contributed by atoms with Crippen LogP contribution in [0.4, 0.5) is 4.39 Å². The molecule has 0 atom stereocenters. The van der Waals surface area contributed by atoms with Crippen molar-refractivity contribution in [1.82, 2.24) is 5.32 Å². The minimum Gasteiger partial charge on any atom is -0.336 e. The zero-order chi connectivity index (χ0) is 12.3. The quantitative estimate of drug-likeness (QED) is 0.790. The summed E-state index contributed by atoms with van der Waals surface area (Å²) < 4.78 is 13.1. The second-order valence-electron chi connectivity index (χ2n) is 3.82. The van der Waals surface area contributed by atoms with Crippen LogP contribution in [0.15, 0.2) is 18.2 Å². The summed E-state index contributed by atoms with van der Waals surface area (Å²) in [6.07, 6.45) is 5.23. The molecule has 1 amide bonds. The lowest BCUT2D eigenvalue weighted by Gasteiger charge is -2.19. The minimum atomic E-state index is -0.799. The molecule has 0 aromatic heterocycles. The molecule has 1 N–H and O–H groups in total. The van der Waals surface area contributed by atoms with Crippen molar-refractivity contribution >= 4 is 17.5 Å². The van der Waals surface area contributed by atoms with Crippen LogP contribution in [0.1, 0.15) is 24.2 Å². The van der Waals surface area contributed by atoms with Crippen LogP contribution < -0.4 is 5.32 Å². The molecule has 0 spiro atoms. The SMILES string of the molecule is C#CC(C)(C)NC(=O)c1cccc(F)c1Cl. The van der Waals surface area contributed by atoms with Crippen LogP contribution in [-0.2, 0) is 0 Å². The van der Waals surface area contributed by atoms with Crippen molar-refractivity contribution < 1.29 is 9.18 Å². The van der Waals surface area contributed by atoms with Crippen LogP contribution in [0.5, 0.6) is 0 Å². The van der Waals surface area contributed by atoms with Gasteiger partial charge in [-0.3, -0.25) is 4.79 Å². The Morgan fingerprint density at radius 3 is 2.75 bits per heavy atom. The molecule has 0 saturated heterocycles. The fourth-order valence-electron chi connectivity index (χ4n) is 1.07. The van der Waals surface area contributed by atoms with Gasteiger partial charge in [-0.15, -0.1) is 6.42 Å². The third-order valence-corrected chi connectivity index (χ3v) is 2.37. The van der Waals surface area contributed by atoms with Crippen molar-refractivity contribution in [1.29, 1.82) is 0 Å². The van der Waals surface area contributed by atoms with E-state index in [4.69, 9.17) is 18.0 Å². The first-order valence-electron chi connectivity index (χ1n) is 4.61. The second-order valence-corrected chi connectivity index (χ2v) is 4.20. The highest BCUT2D eigenvalue weighted by Crippen LogP contribution is 2.20. The third kappa shape index (κ3) is 2.74. The number of halogens is 2. The molecule has 0 radical (unpaired) electrons. The molecule has 1 aromatic rings. The lowest BCUT2D eigenvalue weighted by Crippen LogP contribution is -2.42. The highest BCUT2D eigenvalue weighted by atomic mass is 35.5. The van der Waals surface area contributed by atoms with E-state index in [1.807, 2.05) is 0 Å². The number of nitrogens with one attached hydrogen (secondary N) is 1. The number of amides is 1. The van der Waals surface area contributed by atoms with E-state index in [0.717, 1.165) is 0 Å². The third-order valence-electron chi connectivity index (χ3n) is 1.98. The maximum absolute atomic E-state index is 13.1. The van der Waals surface area contributed by atoms with E-state index < -0.39 is 17.3 Å². The summed E-state index contributed by atoms with van der Waals surface area (Å²) in [5, 5.41) is 2.36. The van der Waals surface area contributed by atoms with E-state index in [0.29, 0.717) is 0 Å². The molecule has 0 aliphatic carbocycles. The highest BCUT2D eigenvalue weighted by molar-refractivity contribution is 6.34. The number of benzene rings is 1. The van der Waals surface area contributed by atoms with Gasteiger partial charge in [0.25, 0.3) is 5.91 Å². The largest absolute Gasteiger partial charge is 0.336 e. The average Bonchev–Trinajstić information content (AvgIpc) is 2.21. The van der Waals surface area contributed by atoms with Crippen molar-refractivity contribution in [2.45, 2.75) is 19.4 Å². The molecule has 0 heterocycles. The second kappa shape index (κ2) is 4.54. The van der Waals surface area contributed by atoms with Crippen molar-refractivity contribution in [2.75, 3.05) is 0 Å². The zero-order valence-electron chi connectivity index (χ0n) is 8.97. The fourth-order valence-corrected chi connectivity index (χ4v) is 1.28. The molecule has 1 rings (SSSR count). The van der Waals surface area contributed by atoms with Gasteiger partial charge in [0.1, 0.15) is 5.82 Å². The lowest BCUT2D eigenvalue weighted by atomic mass is 10.1. The molecule has 84 valence electrons. The van der Waals surface area contributed by atoms with Gasteiger partial charge < -0.3 is 5.32 Å². The Kier molecular flexibility index (Phi) is 3.56. The van der Waals surface area contributed by atoms with Crippen molar-refractivity contribution in [2.24, 2.45) is 0 Å². The summed E-state index contributed by atoms with van der Waals surface area (Å²) in [4.78, 5) is 11.7. The first-order chi connectivity index (χ1) is 7.37. The number of carbonyl (C=O) groups is 1. The average molecular weight is 240 g/mol. The zero-order valence-corrected chi connectivity index (χ0v) is 9.73. The first kappa shape index (κ1) is 12.5. The Balaban J connectivity index is 2.99. The number of hydrogen-bond acceptors (Lipinski definition) is 1. The minimum absolute atomic E-state index is 0.0741. The molecule has 0 aliphatic heterocycles. The Hall–Kier alpha value is -1.53. The first-order valence-corrected chi connectivity index (χ1v) is 4.99. The molecular weight excluding hydrogens is 229 g/mol. The highest BCUT2D eigenvalue weighted by Gasteiger charge is 2.20. The van der Waals surface area contributed by atoms with Gasteiger partial charge in [-0.2, -0.15) is 0 Å². The van der Waals surface area contributed by atoms with Gasteiger partial charge in [-0.25, -0.2) is 4.39 Å². The molecule has 0 aliphatic rings. The fraction of sp³-hybridized carbons (Fsp3) is 0.250. The van der Waals surface area contributed by atoms with E-state index in [-0.39, 0.29) is 10.6 Å². The van der Waals surface area contributed by atoms with E-state index in [9.17, 15) is 9.18 Å². The maximum atomic E-state index is 13.1. The summed E-state index contributed by atoms with van der Waals surface area (Å²) in [6, 6.07) is 4.04. The Bertz CT molecular complexity index is 463. The number of rotatable bonds is 2. The van der Waals surface area contributed by atoms with E-state index in [1.165, 1.54) is 18.2 Å². The van der Waals surface area contributed by atoms with E-state index >= 15 is 0 Å². The van der Waals surface area contributed by atoms with E-state index in [2.05, 4.69) is 11.2 Å². The lowest BCUT2D eigenvalue weighted by molar-refractivity contribution is 0.0929. The van der Waals surface area contributed by atoms with Crippen molar-refractivity contribution in [3.63, 3.8) is 0 Å². The summed E-state index contributed by atoms with van der Waals surface area (Å²) >= 11 is 5.67. The smallest absolute Gasteiger partial charge is 0.254 e. The summed E-state index contributed by atoms with van der Waals surface area (Å²) in [5.74, 6) is 1.28. The molecule has 4 heteroatoms. The molecule has 0 saturated carbocycles. The molecule has 0 bridgehead atoms. The Labute approximate surface area is 98.8 Å². The van der Waals surface area contributed by atoms with Gasteiger partial charge in [0, 0.05) is 0 Å². The van der Waals surface area contributed by atoms with Crippen molar-refractivity contribution in [3.05, 3.63) is 34.6 Å². The van der Waals surface area contributed by atoms with Gasteiger partial charge in [-0.1, -0.05) is 23.6 Å². The van der Waals surface area contributed by atoms with Gasteiger partial charge in [-0.05, 0) is 26.0 Å². The van der Waals surface area contributed by atoms with Crippen LogP contribution in [-0.4, -0.2) is 11.4 Å². The molecule has 2 nitrogen and oxygen atoms in total. The Morgan fingerprint density at radius 2 is 2.19 bits per heavy atom. The van der Waals surface area contributed by atoms with Crippen LogP contribution in [0, 0.1) is 18.2 Å². The van der Waals surface area contributed by atoms with Gasteiger partial charge in [0.15, 0.2) is 0 Å². The standard InChI is InChI=1S/C12H11ClFNO/c1-4-12(2,3)15-11(16)8-6-5-7-9(14)10(8)13/h1,5-7H,2-3H3,(H,15,16). The van der Waals surface area contributed by atoms with Crippen LogP contribution in [0.3, 0.4) is 0 Å². The van der Waals surface area contributed by atoms with Crippen LogP contribution in [0.25, 0.3) is 0 Å². The molecule has 1 aromatic carbocycles. The van der Waals surface area contributed by atoms with Crippen LogP contribution in [0.2, 0.25) is 5.02 Å². The summed E-state index contributed by atoms with van der Waals surface area (Å²) in [6.45, 7) is 3.33. The predicted molar refractivity (Wildman–Crippen MR) is 61.8 cm³/mol. The summed E-state index contributed by atoms with van der Waals surface area (Å²) in [7, 11) is 0.